The molecule has 1 nitrogen and oxygen atoms in total. The number of benzene rings is 9. The zero-order valence-electron chi connectivity index (χ0n) is 33.3. The van der Waals surface area contributed by atoms with E-state index >= 15 is 0 Å². The number of hydrogen-bond acceptors (Lipinski definition) is 1. The van der Waals surface area contributed by atoms with Crippen LogP contribution in [0.3, 0.4) is 0 Å². The van der Waals surface area contributed by atoms with Crippen LogP contribution in [0.5, 0.6) is 0 Å². The molecule has 0 fully saturated rings. The lowest BCUT2D eigenvalue weighted by Crippen LogP contribution is -2.28. The normalized spacial score (nSPS) is 13.9. The minimum atomic E-state index is -0.517. The number of anilines is 3. The van der Waals surface area contributed by atoms with Crippen LogP contribution in [-0.2, 0) is 10.8 Å². The quantitative estimate of drug-likeness (QED) is 0.157. The average molecular weight is 754 g/mol. The highest BCUT2D eigenvalue weighted by molar-refractivity contribution is 5.96. The molecule has 11 rings (SSSR count). The second-order valence-corrected chi connectivity index (χ2v) is 16.5. The van der Waals surface area contributed by atoms with Crippen LogP contribution in [0.1, 0.15) is 47.2 Å². The van der Waals surface area contributed by atoms with Crippen LogP contribution in [0.2, 0.25) is 0 Å². The maximum Gasteiger partial charge on any atom is 0.0714 e. The van der Waals surface area contributed by atoms with E-state index in [1.165, 1.54) is 77.9 Å². The van der Waals surface area contributed by atoms with Crippen LogP contribution in [0, 0.1) is 0 Å². The maximum absolute atomic E-state index is 2.51. The molecule has 0 saturated heterocycles. The minimum absolute atomic E-state index is 0.173. The van der Waals surface area contributed by atoms with Crippen molar-refractivity contribution in [2.24, 2.45) is 0 Å². The zero-order valence-corrected chi connectivity index (χ0v) is 33.3. The summed E-state index contributed by atoms with van der Waals surface area (Å²) in [5, 5.41) is 0. The summed E-state index contributed by atoms with van der Waals surface area (Å²) >= 11 is 0. The van der Waals surface area contributed by atoms with Gasteiger partial charge in [-0.1, -0.05) is 202 Å². The van der Waals surface area contributed by atoms with Gasteiger partial charge in [-0.3, -0.25) is 0 Å². The molecular formula is C58H43N. The Balaban J connectivity index is 1.21. The Bertz CT molecular complexity index is 2940. The number of hydrogen-bond donors (Lipinski definition) is 0. The van der Waals surface area contributed by atoms with Gasteiger partial charge in [0.2, 0.25) is 0 Å². The first-order chi connectivity index (χ1) is 29.0. The fourth-order valence-corrected chi connectivity index (χ4v) is 10.2. The number of nitrogens with zero attached hydrogens (tertiary/aromatic N) is 1. The van der Waals surface area contributed by atoms with Gasteiger partial charge in [0, 0.05) is 22.4 Å². The third-order valence-corrected chi connectivity index (χ3v) is 13.0. The van der Waals surface area contributed by atoms with Crippen molar-refractivity contribution in [2.75, 3.05) is 4.90 Å². The van der Waals surface area contributed by atoms with Crippen LogP contribution in [0.15, 0.2) is 224 Å². The van der Waals surface area contributed by atoms with Gasteiger partial charge < -0.3 is 4.90 Å². The van der Waals surface area contributed by atoms with E-state index in [2.05, 4.69) is 243 Å². The standard InChI is InChI=1S/C58H43N/c1-57(2)52-29-17-15-28-48(52)51-38-50(42-21-9-4-10-22-42)56(39-54(51)57)59(45-33-31-41(32-34-45)40-19-7-3-8-20-40)46-35-36-49-47-27-16-18-30-53(47)58(55(49)37-46,43-23-11-5-12-24-43)44-25-13-6-14-26-44/h3-39H,1-2H3. The second kappa shape index (κ2) is 13.7. The third-order valence-electron chi connectivity index (χ3n) is 13.0. The lowest BCUT2D eigenvalue weighted by Gasteiger charge is -2.35. The van der Waals surface area contributed by atoms with Gasteiger partial charge in [0.15, 0.2) is 0 Å². The molecule has 59 heavy (non-hydrogen) atoms. The Morgan fingerprint density at radius 1 is 0.305 bits per heavy atom. The lowest BCUT2D eigenvalue weighted by atomic mass is 9.67. The third kappa shape index (κ3) is 5.39. The predicted octanol–water partition coefficient (Wildman–Crippen LogP) is 15.2. The molecule has 0 bridgehead atoms. The molecule has 0 N–H and O–H groups in total. The predicted molar refractivity (Wildman–Crippen MR) is 247 cm³/mol. The molecular weight excluding hydrogens is 711 g/mol. The Labute approximate surface area is 347 Å². The fraction of sp³-hybridized carbons (Fsp3) is 0.0690. The summed E-state index contributed by atoms with van der Waals surface area (Å²) in [7, 11) is 0. The average Bonchev–Trinajstić information content (AvgIpc) is 3.72. The summed E-state index contributed by atoms with van der Waals surface area (Å²) in [6.45, 7) is 4.76. The molecule has 0 amide bonds. The Morgan fingerprint density at radius 3 is 1.41 bits per heavy atom. The van der Waals surface area contributed by atoms with Crippen LogP contribution in [0.25, 0.3) is 44.5 Å². The summed E-state index contributed by atoms with van der Waals surface area (Å²) in [6.07, 6.45) is 0. The van der Waals surface area contributed by atoms with E-state index in [-0.39, 0.29) is 5.41 Å². The summed E-state index contributed by atoms with van der Waals surface area (Å²) in [5.74, 6) is 0. The van der Waals surface area contributed by atoms with Crippen molar-refractivity contribution in [1.82, 2.24) is 0 Å². The van der Waals surface area contributed by atoms with Gasteiger partial charge in [0.05, 0.1) is 11.1 Å². The van der Waals surface area contributed by atoms with E-state index in [0.29, 0.717) is 0 Å². The summed E-state index contributed by atoms with van der Waals surface area (Å²) in [5.41, 5.74) is 20.5. The highest BCUT2D eigenvalue weighted by atomic mass is 15.1. The molecule has 0 spiro atoms. The monoisotopic (exact) mass is 753 g/mol. The minimum Gasteiger partial charge on any atom is -0.310 e. The van der Waals surface area contributed by atoms with E-state index in [4.69, 9.17) is 0 Å². The molecule has 280 valence electrons. The van der Waals surface area contributed by atoms with Crippen molar-refractivity contribution in [2.45, 2.75) is 24.7 Å². The summed E-state index contributed by atoms with van der Waals surface area (Å²) in [4.78, 5) is 2.51. The molecule has 1 heteroatoms. The molecule has 2 aliphatic rings. The largest absolute Gasteiger partial charge is 0.310 e. The zero-order chi connectivity index (χ0) is 39.6. The van der Waals surface area contributed by atoms with Gasteiger partial charge in [-0.05, 0) is 109 Å². The molecule has 2 aliphatic carbocycles. The molecule has 9 aromatic carbocycles. The lowest BCUT2D eigenvalue weighted by molar-refractivity contribution is 0.660. The van der Waals surface area contributed by atoms with Crippen LogP contribution in [0.4, 0.5) is 17.1 Å². The van der Waals surface area contributed by atoms with E-state index in [9.17, 15) is 0 Å². The van der Waals surface area contributed by atoms with Crippen molar-refractivity contribution >= 4 is 17.1 Å². The Kier molecular flexibility index (Phi) is 8.13. The van der Waals surface area contributed by atoms with Crippen LogP contribution in [-0.4, -0.2) is 0 Å². The molecule has 0 aliphatic heterocycles. The highest BCUT2D eigenvalue weighted by Gasteiger charge is 2.46. The fourth-order valence-electron chi connectivity index (χ4n) is 10.2. The van der Waals surface area contributed by atoms with Gasteiger partial charge >= 0.3 is 0 Å². The molecule has 0 saturated carbocycles. The van der Waals surface area contributed by atoms with E-state index in [1.54, 1.807) is 0 Å². The van der Waals surface area contributed by atoms with E-state index in [1.807, 2.05) is 0 Å². The molecule has 0 radical (unpaired) electrons. The first-order valence-corrected chi connectivity index (χ1v) is 20.7. The van der Waals surface area contributed by atoms with Crippen LogP contribution >= 0.6 is 0 Å². The van der Waals surface area contributed by atoms with Crippen molar-refractivity contribution < 1.29 is 0 Å². The van der Waals surface area contributed by atoms with Gasteiger partial charge in [-0.25, -0.2) is 0 Å². The van der Waals surface area contributed by atoms with Gasteiger partial charge in [0.25, 0.3) is 0 Å². The Morgan fingerprint density at radius 2 is 0.780 bits per heavy atom. The maximum atomic E-state index is 2.51. The number of fused-ring (bicyclic) bond motifs is 6. The summed E-state index contributed by atoms with van der Waals surface area (Å²) < 4.78 is 0. The van der Waals surface area contributed by atoms with Crippen molar-refractivity contribution in [1.29, 1.82) is 0 Å². The molecule has 0 atom stereocenters. The van der Waals surface area contributed by atoms with Crippen LogP contribution < -0.4 is 4.90 Å². The molecule has 0 aromatic heterocycles. The molecule has 0 unspecified atom stereocenters. The Hall–Kier alpha value is -7.22. The van der Waals surface area contributed by atoms with Crippen molar-refractivity contribution in [3.63, 3.8) is 0 Å². The second-order valence-electron chi connectivity index (χ2n) is 16.5. The van der Waals surface area contributed by atoms with Gasteiger partial charge in [0.1, 0.15) is 0 Å². The molecule has 9 aromatic rings. The highest BCUT2D eigenvalue weighted by Crippen LogP contribution is 2.58. The van der Waals surface area contributed by atoms with E-state index < -0.39 is 5.41 Å². The first-order valence-electron chi connectivity index (χ1n) is 20.7. The van der Waals surface area contributed by atoms with Gasteiger partial charge in [-0.15, -0.1) is 0 Å². The number of rotatable bonds is 7. The smallest absolute Gasteiger partial charge is 0.0714 e. The van der Waals surface area contributed by atoms with E-state index in [0.717, 1.165) is 17.1 Å². The van der Waals surface area contributed by atoms with Crippen molar-refractivity contribution in [3.05, 3.63) is 258 Å². The SMILES string of the molecule is CC1(C)c2ccccc2-c2cc(-c3ccccc3)c(N(c3ccc(-c4ccccc4)cc3)c3ccc4c(c3)C(c3ccccc3)(c3ccccc3)c3ccccc3-4)cc21. The summed E-state index contributed by atoms with van der Waals surface area (Å²) in [6, 6.07) is 83.1. The van der Waals surface area contributed by atoms with Crippen molar-refractivity contribution in [3.8, 4) is 44.5 Å². The topological polar surface area (TPSA) is 3.24 Å². The van der Waals surface area contributed by atoms with Gasteiger partial charge in [-0.2, -0.15) is 0 Å². The first kappa shape index (κ1) is 35.0. The molecule has 0 heterocycles.